The van der Waals surface area contributed by atoms with E-state index in [9.17, 15) is 0 Å². The number of hydrogen-bond acceptors (Lipinski definition) is 5. The van der Waals surface area contributed by atoms with Crippen molar-refractivity contribution in [2.75, 3.05) is 32.0 Å². The Labute approximate surface area is 131 Å². The van der Waals surface area contributed by atoms with Crippen LogP contribution in [0.4, 0.5) is 5.95 Å². The predicted octanol–water partition coefficient (Wildman–Crippen LogP) is 1.97. The Morgan fingerprint density at radius 3 is 2.86 bits per heavy atom. The molecule has 1 aromatic heterocycles. The van der Waals surface area contributed by atoms with Crippen molar-refractivity contribution < 1.29 is 0 Å². The van der Waals surface area contributed by atoms with E-state index >= 15 is 0 Å². The highest BCUT2D eigenvalue weighted by Crippen LogP contribution is 2.15. The number of nitrogens with one attached hydrogen (secondary N) is 2. The Balaban J connectivity index is 1.64. The largest absolute Gasteiger partial charge is 0.350 e. The van der Waals surface area contributed by atoms with Gasteiger partial charge < -0.3 is 15.5 Å². The van der Waals surface area contributed by atoms with Crippen molar-refractivity contribution >= 4 is 5.95 Å². The van der Waals surface area contributed by atoms with Crippen molar-refractivity contribution in [1.82, 2.24) is 20.2 Å². The van der Waals surface area contributed by atoms with E-state index in [1.54, 1.807) is 0 Å². The average molecular weight is 297 g/mol. The van der Waals surface area contributed by atoms with E-state index < -0.39 is 0 Å². The third-order valence-corrected chi connectivity index (χ3v) is 3.98. The number of aryl methyl sites for hydroxylation is 1. The van der Waals surface area contributed by atoms with Gasteiger partial charge >= 0.3 is 0 Å². The first-order chi connectivity index (χ1) is 10.7. The van der Waals surface area contributed by atoms with E-state index in [1.165, 1.54) is 11.1 Å². The molecule has 1 atom stereocenters. The van der Waals surface area contributed by atoms with Crippen molar-refractivity contribution in [1.29, 1.82) is 0 Å². The molecule has 1 aliphatic rings. The SMILES string of the molecule is Cc1ccc(CNc2nccc(C3CN(C)CCN3)n2)cc1. The molecule has 0 spiro atoms. The van der Waals surface area contributed by atoms with Gasteiger partial charge in [0.25, 0.3) is 0 Å². The highest BCUT2D eigenvalue weighted by atomic mass is 15.2. The monoisotopic (exact) mass is 297 g/mol. The maximum Gasteiger partial charge on any atom is 0.223 e. The summed E-state index contributed by atoms with van der Waals surface area (Å²) in [5.74, 6) is 0.688. The number of benzene rings is 1. The van der Waals surface area contributed by atoms with Gasteiger partial charge in [-0.05, 0) is 25.6 Å². The fraction of sp³-hybridized carbons (Fsp3) is 0.412. The summed E-state index contributed by atoms with van der Waals surface area (Å²) in [7, 11) is 2.14. The summed E-state index contributed by atoms with van der Waals surface area (Å²) in [6.07, 6.45) is 1.83. The maximum absolute atomic E-state index is 4.65. The van der Waals surface area contributed by atoms with E-state index in [1.807, 2.05) is 12.3 Å². The van der Waals surface area contributed by atoms with Crippen LogP contribution < -0.4 is 10.6 Å². The minimum atomic E-state index is 0.279. The van der Waals surface area contributed by atoms with Crippen LogP contribution in [0.25, 0.3) is 0 Å². The summed E-state index contributed by atoms with van der Waals surface area (Å²) in [6.45, 7) is 5.89. The van der Waals surface area contributed by atoms with Gasteiger partial charge in [-0.1, -0.05) is 29.8 Å². The molecular weight excluding hydrogens is 274 g/mol. The lowest BCUT2D eigenvalue weighted by Gasteiger charge is -2.30. The molecule has 0 saturated carbocycles. The molecule has 0 amide bonds. The number of anilines is 1. The molecule has 3 rings (SSSR count). The molecule has 1 aromatic carbocycles. The summed E-state index contributed by atoms with van der Waals surface area (Å²) in [5, 5.41) is 6.82. The summed E-state index contributed by atoms with van der Waals surface area (Å²) < 4.78 is 0. The molecular formula is C17H23N5. The van der Waals surface area contributed by atoms with Crippen molar-refractivity contribution in [3.05, 3.63) is 53.3 Å². The second-order valence-corrected chi connectivity index (χ2v) is 5.91. The van der Waals surface area contributed by atoms with Gasteiger partial charge in [0.1, 0.15) is 0 Å². The number of piperazine rings is 1. The Kier molecular flexibility index (Phi) is 4.65. The minimum Gasteiger partial charge on any atom is -0.350 e. The van der Waals surface area contributed by atoms with Crippen molar-refractivity contribution in [3.63, 3.8) is 0 Å². The lowest BCUT2D eigenvalue weighted by molar-refractivity contribution is 0.238. The van der Waals surface area contributed by atoms with E-state index in [0.29, 0.717) is 5.95 Å². The van der Waals surface area contributed by atoms with Gasteiger partial charge in [0.05, 0.1) is 11.7 Å². The summed E-state index contributed by atoms with van der Waals surface area (Å²) in [4.78, 5) is 11.3. The van der Waals surface area contributed by atoms with Crippen LogP contribution in [0.2, 0.25) is 0 Å². The molecule has 1 unspecified atom stereocenters. The van der Waals surface area contributed by atoms with Crippen molar-refractivity contribution in [2.45, 2.75) is 19.5 Å². The summed E-state index contributed by atoms with van der Waals surface area (Å²) in [5.41, 5.74) is 3.55. The van der Waals surface area contributed by atoms with Gasteiger partial charge in [0.15, 0.2) is 0 Å². The van der Waals surface area contributed by atoms with E-state index in [4.69, 9.17) is 0 Å². The van der Waals surface area contributed by atoms with Crippen molar-refractivity contribution in [3.8, 4) is 0 Å². The first-order valence-electron chi connectivity index (χ1n) is 7.75. The Hall–Kier alpha value is -1.98. The van der Waals surface area contributed by atoms with Crippen LogP contribution in [0, 0.1) is 6.92 Å². The number of likely N-dealkylation sites (N-methyl/N-ethyl adjacent to an activating group) is 1. The van der Waals surface area contributed by atoms with E-state index in [-0.39, 0.29) is 6.04 Å². The van der Waals surface area contributed by atoms with E-state index in [2.05, 4.69) is 63.7 Å². The number of hydrogen-bond donors (Lipinski definition) is 2. The molecule has 2 heterocycles. The first-order valence-corrected chi connectivity index (χ1v) is 7.75. The van der Waals surface area contributed by atoms with Crippen LogP contribution in [0.3, 0.4) is 0 Å². The Bertz CT molecular complexity index is 611. The topological polar surface area (TPSA) is 53.1 Å². The lowest BCUT2D eigenvalue weighted by Crippen LogP contribution is -2.44. The zero-order valence-corrected chi connectivity index (χ0v) is 13.2. The standard InChI is InChI=1S/C17H23N5/c1-13-3-5-14(6-4-13)11-20-17-19-8-7-15(21-17)16-12-22(2)10-9-18-16/h3-8,16,18H,9-12H2,1-2H3,(H,19,20,21). The fourth-order valence-electron chi connectivity index (χ4n) is 2.63. The predicted molar refractivity (Wildman–Crippen MR) is 88.8 cm³/mol. The minimum absolute atomic E-state index is 0.279. The smallest absolute Gasteiger partial charge is 0.223 e. The van der Waals surface area contributed by atoms with Crippen LogP contribution in [0.5, 0.6) is 0 Å². The molecule has 1 aliphatic heterocycles. The van der Waals surface area contributed by atoms with Gasteiger partial charge in [-0.15, -0.1) is 0 Å². The van der Waals surface area contributed by atoms with Crippen LogP contribution >= 0.6 is 0 Å². The normalized spacial score (nSPS) is 19.1. The number of rotatable bonds is 4. The van der Waals surface area contributed by atoms with Crippen LogP contribution in [0.15, 0.2) is 36.5 Å². The van der Waals surface area contributed by atoms with E-state index in [0.717, 1.165) is 31.9 Å². The van der Waals surface area contributed by atoms with Crippen LogP contribution in [-0.2, 0) is 6.54 Å². The molecule has 2 aromatic rings. The molecule has 0 aliphatic carbocycles. The molecule has 116 valence electrons. The van der Waals surface area contributed by atoms with Gasteiger partial charge in [0, 0.05) is 32.4 Å². The zero-order valence-electron chi connectivity index (χ0n) is 13.2. The van der Waals surface area contributed by atoms with Gasteiger partial charge in [-0.2, -0.15) is 0 Å². The molecule has 1 saturated heterocycles. The molecule has 0 radical (unpaired) electrons. The Morgan fingerprint density at radius 1 is 1.27 bits per heavy atom. The van der Waals surface area contributed by atoms with Crippen LogP contribution in [0.1, 0.15) is 22.9 Å². The fourth-order valence-corrected chi connectivity index (χ4v) is 2.63. The number of nitrogens with zero attached hydrogens (tertiary/aromatic N) is 3. The van der Waals surface area contributed by atoms with Gasteiger partial charge in [-0.3, -0.25) is 0 Å². The molecule has 1 fully saturated rings. The first kappa shape index (κ1) is 14.9. The highest BCUT2D eigenvalue weighted by Gasteiger charge is 2.19. The maximum atomic E-state index is 4.65. The summed E-state index contributed by atoms with van der Waals surface area (Å²) in [6, 6.07) is 10.8. The molecule has 2 N–H and O–H groups in total. The van der Waals surface area contributed by atoms with Crippen LogP contribution in [-0.4, -0.2) is 41.5 Å². The second-order valence-electron chi connectivity index (χ2n) is 5.91. The number of aromatic nitrogens is 2. The summed E-state index contributed by atoms with van der Waals surface area (Å²) >= 11 is 0. The molecule has 22 heavy (non-hydrogen) atoms. The molecule has 5 nitrogen and oxygen atoms in total. The van der Waals surface area contributed by atoms with Crippen molar-refractivity contribution in [2.24, 2.45) is 0 Å². The zero-order chi connectivity index (χ0) is 15.4. The third kappa shape index (κ3) is 3.81. The molecule has 5 heteroatoms. The lowest BCUT2D eigenvalue weighted by atomic mass is 10.1. The molecule has 0 bridgehead atoms. The second kappa shape index (κ2) is 6.85. The highest BCUT2D eigenvalue weighted by molar-refractivity contribution is 5.30. The van der Waals surface area contributed by atoms with Gasteiger partial charge in [0.2, 0.25) is 5.95 Å². The van der Waals surface area contributed by atoms with Gasteiger partial charge in [-0.25, -0.2) is 9.97 Å². The quantitative estimate of drug-likeness (QED) is 0.904. The Morgan fingerprint density at radius 2 is 2.09 bits per heavy atom. The third-order valence-electron chi connectivity index (χ3n) is 3.98. The average Bonchev–Trinajstić information content (AvgIpc) is 2.55.